The van der Waals surface area contributed by atoms with Gasteiger partial charge < -0.3 is 4.42 Å². The molecular weight excluding hydrogens is 294 g/mol. The highest BCUT2D eigenvalue weighted by Gasteiger charge is 2.07. The van der Waals surface area contributed by atoms with Crippen molar-refractivity contribution in [3.8, 4) is 5.69 Å². The third-order valence-electron chi connectivity index (χ3n) is 3.29. The largest absolute Gasteiger partial charge is 0.431 e. The number of oxazole rings is 1. The van der Waals surface area contributed by atoms with E-state index >= 15 is 0 Å². The van der Waals surface area contributed by atoms with Crippen LogP contribution in [0.1, 0.15) is 5.56 Å². The highest BCUT2D eigenvalue weighted by Crippen LogP contribution is 2.26. The van der Waals surface area contributed by atoms with Crippen LogP contribution in [0.2, 0.25) is 0 Å². The minimum absolute atomic E-state index is 0.689. The molecule has 4 nitrogen and oxygen atoms in total. The van der Waals surface area contributed by atoms with Gasteiger partial charge in [0.25, 0.3) is 5.22 Å². The molecule has 0 saturated heterocycles. The summed E-state index contributed by atoms with van der Waals surface area (Å²) in [5, 5.41) is 5.08. The van der Waals surface area contributed by atoms with Crippen molar-refractivity contribution in [2.75, 3.05) is 0 Å². The Morgan fingerprint density at radius 3 is 2.68 bits per heavy atom. The number of benzene rings is 2. The van der Waals surface area contributed by atoms with Crippen LogP contribution in [0.4, 0.5) is 0 Å². The third-order valence-corrected chi connectivity index (χ3v) is 4.19. The molecule has 22 heavy (non-hydrogen) atoms. The average Bonchev–Trinajstić information content (AvgIpc) is 3.20. The molecule has 2 aromatic heterocycles. The molecule has 0 saturated carbocycles. The SMILES string of the molecule is c1ccc(-n2cc(CSc3nc4ccccc4o3)cn2)cc1. The van der Waals surface area contributed by atoms with E-state index in [9.17, 15) is 0 Å². The minimum atomic E-state index is 0.689. The monoisotopic (exact) mass is 307 g/mol. The molecule has 0 spiro atoms. The van der Waals surface area contributed by atoms with Crippen molar-refractivity contribution in [1.29, 1.82) is 0 Å². The van der Waals surface area contributed by atoms with Crippen molar-refractivity contribution in [2.45, 2.75) is 11.0 Å². The van der Waals surface area contributed by atoms with E-state index in [1.807, 2.05) is 71.7 Å². The summed E-state index contributed by atoms with van der Waals surface area (Å²) in [7, 11) is 0. The third kappa shape index (κ3) is 2.63. The second-order valence-corrected chi connectivity index (χ2v) is 5.79. The maximum Gasteiger partial charge on any atom is 0.257 e. The number of rotatable bonds is 4. The predicted octanol–water partition coefficient (Wildman–Crippen LogP) is 4.31. The van der Waals surface area contributed by atoms with E-state index in [0.717, 1.165) is 28.1 Å². The van der Waals surface area contributed by atoms with Gasteiger partial charge in [-0.1, -0.05) is 42.1 Å². The van der Waals surface area contributed by atoms with E-state index in [1.165, 1.54) is 0 Å². The van der Waals surface area contributed by atoms with Gasteiger partial charge in [0.2, 0.25) is 0 Å². The van der Waals surface area contributed by atoms with Gasteiger partial charge in [-0.25, -0.2) is 9.67 Å². The zero-order valence-corrected chi connectivity index (χ0v) is 12.5. The van der Waals surface area contributed by atoms with Gasteiger partial charge in [-0.3, -0.25) is 0 Å². The molecule has 0 radical (unpaired) electrons. The van der Waals surface area contributed by atoms with Crippen LogP contribution in [-0.4, -0.2) is 14.8 Å². The molecule has 0 fully saturated rings. The maximum atomic E-state index is 5.71. The van der Waals surface area contributed by atoms with E-state index in [4.69, 9.17) is 4.42 Å². The predicted molar refractivity (Wildman–Crippen MR) is 87.1 cm³/mol. The van der Waals surface area contributed by atoms with Gasteiger partial charge in [0.05, 0.1) is 11.9 Å². The van der Waals surface area contributed by atoms with Crippen LogP contribution in [0.5, 0.6) is 0 Å². The van der Waals surface area contributed by atoms with Crippen molar-refractivity contribution < 1.29 is 4.42 Å². The second-order valence-electron chi connectivity index (χ2n) is 4.86. The quantitative estimate of drug-likeness (QED) is 0.527. The Morgan fingerprint density at radius 2 is 1.82 bits per heavy atom. The van der Waals surface area contributed by atoms with Crippen molar-refractivity contribution in [3.63, 3.8) is 0 Å². The summed E-state index contributed by atoms with van der Waals surface area (Å²) in [6, 6.07) is 17.9. The van der Waals surface area contributed by atoms with Gasteiger partial charge in [0, 0.05) is 17.5 Å². The lowest BCUT2D eigenvalue weighted by molar-refractivity contribution is 0.489. The number of hydrogen-bond acceptors (Lipinski definition) is 4. The number of thioether (sulfide) groups is 1. The zero-order valence-electron chi connectivity index (χ0n) is 11.7. The van der Waals surface area contributed by atoms with E-state index in [1.54, 1.807) is 11.8 Å². The van der Waals surface area contributed by atoms with Gasteiger partial charge in [-0.2, -0.15) is 5.10 Å². The highest BCUT2D eigenvalue weighted by molar-refractivity contribution is 7.98. The molecular formula is C17H13N3OS. The summed E-state index contributed by atoms with van der Waals surface area (Å²) in [4.78, 5) is 4.46. The molecule has 0 bridgehead atoms. The van der Waals surface area contributed by atoms with Gasteiger partial charge >= 0.3 is 0 Å². The fourth-order valence-electron chi connectivity index (χ4n) is 2.21. The number of aromatic nitrogens is 3. The number of nitrogens with zero attached hydrogens (tertiary/aromatic N) is 3. The molecule has 0 unspecified atom stereocenters. The van der Waals surface area contributed by atoms with Gasteiger partial charge in [0.15, 0.2) is 5.58 Å². The molecule has 0 aliphatic rings. The van der Waals surface area contributed by atoms with Crippen LogP contribution >= 0.6 is 11.8 Å². The molecule has 0 N–H and O–H groups in total. The molecule has 2 aromatic carbocycles. The van der Waals surface area contributed by atoms with Crippen molar-refractivity contribution >= 4 is 22.9 Å². The lowest BCUT2D eigenvalue weighted by atomic mass is 10.3. The second kappa shape index (κ2) is 5.69. The molecule has 5 heteroatoms. The molecule has 0 amide bonds. The topological polar surface area (TPSA) is 43.9 Å². The van der Waals surface area contributed by atoms with Crippen LogP contribution in [0, 0.1) is 0 Å². The highest BCUT2D eigenvalue weighted by atomic mass is 32.2. The van der Waals surface area contributed by atoms with Crippen LogP contribution < -0.4 is 0 Å². The molecule has 0 aliphatic carbocycles. The first-order valence-corrected chi connectivity index (χ1v) is 7.94. The van der Waals surface area contributed by atoms with Crippen molar-refractivity contribution in [2.24, 2.45) is 0 Å². The molecule has 0 aliphatic heterocycles. The fraction of sp³-hybridized carbons (Fsp3) is 0.0588. The number of hydrogen-bond donors (Lipinski definition) is 0. The number of fused-ring (bicyclic) bond motifs is 1. The molecule has 108 valence electrons. The molecule has 4 aromatic rings. The van der Waals surface area contributed by atoms with Crippen molar-refractivity contribution in [3.05, 3.63) is 72.6 Å². The van der Waals surface area contributed by atoms with E-state index in [-0.39, 0.29) is 0 Å². The van der Waals surface area contributed by atoms with Crippen LogP contribution in [0.25, 0.3) is 16.8 Å². The lowest BCUT2D eigenvalue weighted by Gasteiger charge is -1.98. The average molecular weight is 307 g/mol. The zero-order chi connectivity index (χ0) is 14.8. The summed E-state index contributed by atoms with van der Waals surface area (Å²) in [5.41, 5.74) is 3.91. The number of para-hydroxylation sites is 3. The molecule has 0 atom stereocenters. The Morgan fingerprint density at radius 1 is 1.00 bits per heavy atom. The van der Waals surface area contributed by atoms with Crippen LogP contribution in [0.3, 0.4) is 0 Å². The van der Waals surface area contributed by atoms with Gasteiger partial charge in [-0.15, -0.1) is 0 Å². The lowest BCUT2D eigenvalue weighted by Crippen LogP contribution is -1.92. The summed E-state index contributed by atoms with van der Waals surface area (Å²) < 4.78 is 7.58. The first-order chi connectivity index (χ1) is 10.9. The maximum absolute atomic E-state index is 5.71. The summed E-state index contributed by atoms with van der Waals surface area (Å²) >= 11 is 1.58. The molecule has 2 heterocycles. The Bertz CT molecular complexity index is 865. The standard InChI is InChI=1S/C17H13N3OS/c1-2-6-14(7-3-1)20-11-13(10-18-20)12-22-17-19-15-8-4-5-9-16(15)21-17/h1-11H,12H2. The van der Waals surface area contributed by atoms with Crippen LogP contribution in [-0.2, 0) is 5.75 Å². The fourth-order valence-corrected chi connectivity index (χ4v) is 2.97. The Hall–Kier alpha value is -2.53. The minimum Gasteiger partial charge on any atom is -0.431 e. The van der Waals surface area contributed by atoms with Gasteiger partial charge in [-0.05, 0) is 24.3 Å². The summed E-state index contributed by atoms with van der Waals surface area (Å²) in [5.74, 6) is 0.777. The first kappa shape index (κ1) is 13.2. The Kier molecular flexibility index (Phi) is 3.40. The summed E-state index contributed by atoms with van der Waals surface area (Å²) in [6.45, 7) is 0. The molecule has 4 rings (SSSR count). The Labute approximate surface area is 131 Å². The van der Waals surface area contributed by atoms with Crippen LogP contribution in [0.15, 0.2) is 76.6 Å². The normalized spacial score (nSPS) is 11.1. The first-order valence-electron chi connectivity index (χ1n) is 6.96. The van der Waals surface area contributed by atoms with E-state index in [2.05, 4.69) is 10.1 Å². The smallest absolute Gasteiger partial charge is 0.257 e. The van der Waals surface area contributed by atoms with Crippen molar-refractivity contribution in [1.82, 2.24) is 14.8 Å². The van der Waals surface area contributed by atoms with E-state index in [0.29, 0.717) is 5.22 Å². The van der Waals surface area contributed by atoms with E-state index < -0.39 is 0 Å². The van der Waals surface area contributed by atoms with Gasteiger partial charge in [0.1, 0.15) is 5.52 Å². The summed E-state index contributed by atoms with van der Waals surface area (Å²) in [6.07, 6.45) is 3.91. The Balaban J connectivity index is 1.49.